The first kappa shape index (κ1) is 19.8. The summed E-state index contributed by atoms with van der Waals surface area (Å²) in [7, 11) is 2.00. The average Bonchev–Trinajstić information content (AvgIpc) is 3.51. The maximum atomic E-state index is 12.1. The van der Waals surface area contributed by atoms with E-state index >= 15 is 0 Å². The lowest BCUT2D eigenvalue weighted by atomic mass is 10.2. The van der Waals surface area contributed by atoms with Crippen LogP contribution in [0, 0.1) is 0 Å². The minimum absolute atomic E-state index is 0.0717. The summed E-state index contributed by atoms with van der Waals surface area (Å²) in [6.07, 6.45) is 2.77. The number of hydrogen-bond acceptors (Lipinski definition) is 5. The number of thiazole rings is 1. The zero-order chi connectivity index (χ0) is 21.5. The third-order valence-electron chi connectivity index (χ3n) is 5.39. The number of aromatic nitrogens is 3. The SMILES string of the molecule is CCc1nc2ccc(N3CCNC3=O)cn2c1N(C)c1nc(-c2ccc(Cl)cc2)cs1. The number of anilines is 3. The number of carbonyl (C=O) groups is 1. The minimum atomic E-state index is -0.0717. The van der Waals surface area contributed by atoms with Crippen LogP contribution >= 0.6 is 22.9 Å². The van der Waals surface area contributed by atoms with Crippen LogP contribution in [-0.4, -0.2) is 40.5 Å². The molecule has 0 spiro atoms. The molecule has 0 atom stereocenters. The number of rotatable bonds is 5. The van der Waals surface area contributed by atoms with Crippen molar-refractivity contribution in [3.8, 4) is 11.3 Å². The Kier molecular flexibility index (Phi) is 5.03. The molecule has 0 aliphatic carbocycles. The predicted octanol–water partition coefficient (Wildman–Crippen LogP) is 4.97. The molecule has 1 aromatic carbocycles. The smallest absolute Gasteiger partial charge is 0.322 e. The highest BCUT2D eigenvalue weighted by atomic mass is 35.5. The highest BCUT2D eigenvalue weighted by Crippen LogP contribution is 2.34. The summed E-state index contributed by atoms with van der Waals surface area (Å²) in [5, 5.41) is 6.47. The molecule has 0 unspecified atom stereocenters. The van der Waals surface area contributed by atoms with Crippen LogP contribution in [0.25, 0.3) is 16.9 Å². The summed E-state index contributed by atoms with van der Waals surface area (Å²) >= 11 is 7.59. The molecule has 7 nitrogen and oxygen atoms in total. The van der Waals surface area contributed by atoms with Crippen molar-refractivity contribution in [2.75, 3.05) is 29.9 Å². The maximum absolute atomic E-state index is 12.1. The van der Waals surface area contributed by atoms with Gasteiger partial charge < -0.3 is 10.2 Å². The van der Waals surface area contributed by atoms with Crippen molar-refractivity contribution < 1.29 is 4.79 Å². The molecule has 0 bridgehead atoms. The first-order valence-electron chi connectivity index (χ1n) is 10.1. The van der Waals surface area contributed by atoms with Gasteiger partial charge in [0.25, 0.3) is 0 Å². The Labute approximate surface area is 188 Å². The molecular weight excluding hydrogens is 432 g/mol. The Morgan fingerprint density at radius 3 is 2.71 bits per heavy atom. The molecule has 3 aromatic heterocycles. The lowest BCUT2D eigenvalue weighted by Crippen LogP contribution is -2.27. The first-order chi connectivity index (χ1) is 15.0. The van der Waals surface area contributed by atoms with Crippen LogP contribution in [-0.2, 0) is 6.42 Å². The molecule has 4 heterocycles. The highest BCUT2D eigenvalue weighted by molar-refractivity contribution is 7.14. The molecule has 5 rings (SSSR count). The lowest BCUT2D eigenvalue weighted by Gasteiger charge is -2.19. The van der Waals surface area contributed by atoms with Crippen molar-refractivity contribution in [2.24, 2.45) is 0 Å². The fraction of sp³-hybridized carbons (Fsp3) is 0.227. The average molecular weight is 453 g/mol. The van der Waals surface area contributed by atoms with Gasteiger partial charge >= 0.3 is 6.03 Å². The van der Waals surface area contributed by atoms with E-state index in [1.165, 1.54) is 0 Å². The Bertz CT molecular complexity index is 1260. The van der Waals surface area contributed by atoms with Gasteiger partial charge in [-0.3, -0.25) is 9.30 Å². The van der Waals surface area contributed by atoms with Gasteiger partial charge in [-0.2, -0.15) is 0 Å². The van der Waals surface area contributed by atoms with Gasteiger partial charge in [-0.05, 0) is 30.7 Å². The number of aryl methyl sites for hydroxylation is 1. The molecule has 1 N–H and O–H groups in total. The minimum Gasteiger partial charge on any atom is -0.336 e. The van der Waals surface area contributed by atoms with Gasteiger partial charge in [-0.15, -0.1) is 11.3 Å². The summed E-state index contributed by atoms with van der Waals surface area (Å²) in [6.45, 7) is 3.40. The molecule has 158 valence electrons. The van der Waals surface area contributed by atoms with Gasteiger partial charge in [0.2, 0.25) is 0 Å². The predicted molar refractivity (Wildman–Crippen MR) is 126 cm³/mol. The molecule has 2 amide bonds. The van der Waals surface area contributed by atoms with Crippen LogP contribution in [0.1, 0.15) is 12.6 Å². The molecule has 0 radical (unpaired) electrons. The quantitative estimate of drug-likeness (QED) is 0.464. The lowest BCUT2D eigenvalue weighted by molar-refractivity contribution is 0.252. The van der Waals surface area contributed by atoms with Crippen LogP contribution < -0.4 is 15.1 Å². The number of carbonyl (C=O) groups excluding carboxylic acids is 1. The summed E-state index contributed by atoms with van der Waals surface area (Å²) in [5.74, 6) is 0.955. The molecule has 1 fully saturated rings. The molecule has 9 heteroatoms. The molecular formula is C22H21ClN6OS. The number of benzene rings is 1. The zero-order valence-corrected chi connectivity index (χ0v) is 18.7. The normalized spacial score (nSPS) is 13.8. The summed E-state index contributed by atoms with van der Waals surface area (Å²) < 4.78 is 2.04. The molecule has 4 aromatic rings. The second kappa shape index (κ2) is 7.86. The second-order valence-corrected chi connectivity index (χ2v) is 8.59. The number of halogens is 1. The van der Waals surface area contributed by atoms with Crippen molar-refractivity contribution in [3.05, 3.63) is 58.7 Å². The van der Waals surface area contributed by atoms with Crippen LogP contribution in [0.3, 0.4) is 0 Å². The van der Waals surface area contributed by atoms with E-state index in [0.29, 0.717) is 18.1 Å². The van der Waals surface area contributed by atoms with Gasteiger partial charge in [0.1, 0.15) is 11.5 Å². The largest absolute Gasteiger partial charge is 0.336 e. The molecule has 1 aliphatic heterocycles. The Balaban J connectivity index is 1.55. The fourth-order valence-electron chi connectivity index (χ4n) is 3.80. The Morgan fingerprint density at radius 2 is 2.00 bits per heavy atom. The number of hydrogen-bond donors (Lipinski definition) is 1. The van der Waals surface area contributed by atoms with Crippen LogP contribution in [0.5, 0.6) is 0 Å². The molecule has 31 heavy (non-hydrogen) atoms. The summed E-state index contributed by atoms with van der Waals surface area (Å²) in [4.78, 5) is 25.6. The second-order valence-electron chi connectivity index (χ2n) is 7.32. The van der Waals surface area contributed by atoms with E-state index in [-0.39, 0.29) is 6.03 Å². The number of nitrogens with one attached hydrogen (secondary N) is 1. The zero-order valence-electron chi connectivity index (χ0n) is 17.2. The number of nitrogens with zero attached hydrogens (tertiary/aromatic N) is 5. The van der Waals surface area contributed by atoms with E-state index in [0.717, 1.165) is 45.7 Å². The van der Waals surface area contributed by atoms with E-state index in [9.17, 15) is 4.79 Å². The van der Waals surface area contributed by atoms with E-state index < -0.39 is 0 Å². The van der Waals surface area contributed by atoms with E-state index in [4.69, 9.17) is 21.6 Å². The van der Waals surface area contributed by atoms with Gasteiger partial charge in [-0.25, -0.2) is 14.8 Å². The van der Waals surface area contributed by atoms with Gasteiger partial charge in [0.15, 0.2) is 5.13 Å². The Hall–Kier alpha value is -3.10. The monoisotopic (exact) mass is 452 g/mol. The topological polar surface area (TPSA) is 65.8 Å². The number of fused-ring (bicyclic) bond motifs is 1. The number of amides is 2. The van der Waals surface area contributed by atoms with Crippen LogP contribution in [0.4, 0.5) is 21.4 Å². The molecule has 1 aliphatic rings. The standard InChI is InChI=1S/C22H21ClN6OS/c1-3-17-20(27(2)22-26-18(13-31-22)14-4-6-15(23)7-5-14)29-12-16(8-9-19(29)25-17)28-11-10-24-21(28)30/h4-9,12-13H,3,10-11H2,1-2H3,(H,24,30). The van der Waals surface area contributed by atoms with Crippen molar-refractivity contribution in [2.45, 2.75) is 13.3 Å². The van der Waals surface area contributed by atoms with Crippen molar-refractivity contribution >= 4 is 51.3 Å². The van der Waals surface area contributed by atoms with Crippen LogP contribution in [0.15, 0.2) is 48.0 Å². The van der Waals surface area contributed by atoms with Crippen molar-refractivity contribution in [3.63, 3.8) is 0 Å². The van der Waals surface area contributed by atoms with Crippen molar-refractivity contribution in [1.29, 1.82) is 0 Å². The van der Waals surface area contributed by atoms with Crippen molar-refractivity contribution in [1.82, 2.24) is 19.7 Å². The van der Waals surface area contributed by atoms with Crippen LogP contribution in [0.2, 0.25) is 5.02 Å². The molecule has 1 saturated heterocycles. The van der Waals surface area contributed by atoms with Gasteiger partial charge in [-0.1, -0.05) is 30.7 Å². The third kappa shape index (κ3) is 3.51. The molecule has 0 saturated carbocycles. The van der Waals surface area contributed by atoms with Gasteiger partial charge in [0, 0.05) is 42.3 Å². The third-order valence-corrected chi connectivity index (χ3v) is 6.56. The fourth-order valence-corrected chi connectivity index (χ4v) is 4.73. The summed E-state index contributed by atoms with van der Waals surface area (Å²) in [5.41, 5.74) is 4.60. The van der Waals surface area contributed by atoms with E-state index in [2.05, 4.69) is 17.1 Å². The summed E-state index contributed by atoms with van der Waals surface area (Å²) in [6, 6.07) is 11.5. The maximum Gasteiger partial charge on any atom is 0.322 e. The number of urea groups is 1. The number of pyridine rings is 1. The highest BCUT2D eigenvalue weighted by Gasteiger charge is 2.24. The Morgan fingerprint density at radius 1 is 1.19 bits per heavy atom. The van der Waals surface area contributed by atoms with E-state index in [1.807, 2.05) is 59.4 Å². The number of imidazole rings is 1. The van der Waals surface area contributed by atoms with Gasteiger partial charge in [0.05, 0.1) is 17.1 Å². The van der Waals surface area contributed by atoms with E-state index in [1.54, 1.807) is 16.2 Å². The first-order valence-corrected chi connectivity index (χ1v) is 11.3.